The Morgan fingerprint density at radius 1 is 0.966 bits per heavy atom. The number of hydrogen-bond acceptors (Lipinski definition) is 4. The molecule has 2 amide bonds. The molecule has 1 aliphatic heterocycles. The summed E-state index contributed by atoms with van der Waals surface area (Å²) in [6, 6.07) is 7.49. The predicted molar refractivity (Wildman–Crippen MR) is 125 cm³/mol. The third-order valence-electron chi connectivity index (χ3n) is 4.40. The van der Waals surface area contributed by atoms with Crippen molar-refractivity contribution in [2.75, 3.05) is 45.9 Å². The van der Waals surface area contributed by atoms with Gasteiger partial charge in [-0.1, -0.05) is 12.1 Å². The van der Waals surface area contributed by atoms with Crippen molar-refractivity contribution in [3.05, 3.63) is 35.4 Å². The number of carbonyl (C=O) groups excluding carboxylic acids is 2. The van der Waals surface area contributed by atoms with E-state index in [1.165, 1.54) is 0 Å². The molecule has 0 atom stereocenters. The summed E-state index contributed by atoms with van der Waals surface area (Å²) in [5, 5.41) is 6.11. The summed E-state index contributed by atoms with van der Waals surface area (Å²) in [6.07, 6.45) is -0.253. The first-order valence-corrected chi connectivity index (χ1v) is 9.91. The Morgan fingerprint density at radius 3 is 2.10 bits per heavy atom. The zero-order chi connectivity index (χ0) is 20.4. The summed E-state index contributed by atoms with van der Waals surface area (Å²) in [7, 11) is 0. The molecule has 2 N–H and O–H groups in total. The standard InChI is InChI=1S/C20H31N5O3.HI/c1-4-21-18(26)17-9-7-16(8-10-17)15-23-19(22-5-2)24-11-13-25(14-12-24)20(27)28-6-3;/h7-10H,4-6,11-15H2,1-3H3,(H,21,26)(H,22,23);1H. The number of piperazine rings is 1. The number of nitrogens with one attached hydrogen (secondary N) is 2. The molecule has 1 fully saturated rings. The molecule has 1 aromatic rings. The summed E-state index contributed by atoms with van der Waals surface area (Å²) in [6.45, 7) is 10.7. The maximum Gasteiger partial charge on any atom is 0.409 e. The molecule has 8 nitrogen and oxygen atoms in total. The van der Waals surface area contributed by atoms with Crippen LogP contribution in [0.5, 0.6) is 0 Å². The van der Waals surface area contributed by atoms with Gasteiger partial charge in [0, 0.05) is 44.8 Å². The van der Waals surface area contributed by atoms with Gasteiger partial charge in [0.15, 0.2) is 5.96 Å². The van der Waals surface area contributed by atoms with Crippen LogP contribution in [0.25, 0.3) is 0 Å². The van der Waals surface area contributed by atoms with E-state index in [9.17, 15) is 9.59 Å². The number of halogens is 1. The topological polar surface area (TPSA) is 86.3 Å². The fourth-order valence-corrected chi connectivity index (χ4v) is 2.93. The molecule has 0 aliphatic carbocycles. The highest BCUT2D eigenvalue weighted by molar-refractivity contribution is 14.0. The zero-order valence-electron chi connectivity index (χ0n) is 17.4. The highest BCUT2D eigenvalue weighted by atomic mass is 127. The van der Waals surface area contributed by atoms with E-state index in [1.54, 1.807) is 4.90 Å². The van der Waals surface area contributed by atoms with Crippen molar-refractivity contribution in [3.8, 4) is 0 Å². The third kappa shape index (κ3) is 7.71. The lowest BCUT2D eigenvalue weighted by Gasteiger charge is -2.35. The minimum Gasteiger partial charge on any atom is -0.450 e. The second-order valence-electron chi connectivity index (χ2n) is 6.40. The first-order valence-electron chi connectivity index (χ1n) is 9.91. The van der Waals surface area contributed by atoms with Crippen LogP contribution in [0.3, 0.4) is 0 Å². The molecule has 162 valence electrons. The van der Waals surface area contributed by atoms with Gasteiger partial charge in [-0.3, -0.25) is 4.79 Å². The van der Waals surface area contributed by atoms with Crippen LogP contribution in [0.2, 0.25) is 0 Å². The summed E-state index contributed by atoms with van der Waals surface area (Å²) in [5.41, 5.74) is 1.69. The Hall–Kier alpha value is -2.04. The van der Waals surface area contributed by atoms with E-state index in [4.69, 9.17) is 9.73 Å². The first kappa shape index (κ1) is 25.0. The SMILES string of the molecule is CCNC(=O)c1ccc(CN=C(NCC)N2CCN(C(=O)OCC)CC2)cc1.I. The first-order chi connectivity index (χ1) is 13.6. The lowest BCUT2D eigenvalue weighted by atomic mass is 10.1. The van der Waals surface area contributed by atoms with Crippen LogP contribution >= 0.6 is 24.0 Å². The largest absolute Gasteiger partial charge is 0.450 e. The van der Waals surface area contributed by atoms with E-state index in [0.717, 1.165) is 18.1 Å². The number of amides is 2. The molecule has 0 radical (unpaired) electrons. The number of guanidine groups is 1. The van der Waals surface area contributed by atoms with Gasteiger partial charge in [-0.05, 0) is 38.5 Å². The highest BCUT2D eigenvalue weighted by Gasteiger charge is 2.23. The minimum absolute atomic E-state index is 0. The molecule has 29 heavy (non-hydrogen) atoms. The van der Waals surface area contributed by atoms with E-state index in [-0.39, 0.29) is 36.0 Å². The van der Waals surface area contributed by atoms with Crippen LogP contribution < -0.4 is 10.6 Å². The molecule has 9 heteroatoms. The van der Waals surface area contributed by atoms with Crippen LogP contribution in [0, 0.1) is 0 Å². The second kappa shape index (κ2) is 13.2. The van der Waals surface area contributed by atoms with Gasteiger partial charge in [0.25, 0.3) is 5.91 Å². The Balaban J connectivity index is 0.00000420. The highest BCUT2D eigenvalue weighted by Crippen LogP contribution is 2.08. The Bertz CT molecular complexity index is 673. The molecule has 0 saturated carbocycles. The van der Waals surface area contributed by atoms with E-state index >= 15 is 0 Å². The van der Waals surface area contributed by atoms with Crippen molar-refractivity contribution < 1.29 is 14.3 Å². The summed E-state index contributed by atoms with van der Waals surface area (Å²) >= 11 is 0. The fourth-order valence-electron chi connectivity index (χ4n) is 2.93. The average molecular weight is 517 g/mol. The van der Waals surface area contributed by atoms with E-state index in [2.05, 4.69) is 15.5 Å². The van der Waals surface area contributed by atoms with Crippen LogP contribution in [0.1, 0.15) is 36.7 Å². The zero-order valence-corrected chi connectivity index (χ0v) is 19.8. The van der Waals surface area contributed by atoms with E-state index in [0.29, 0.717) is 51.4 Å². The van der Waals surface area contributed by atoms with Crippen LogP contribution in [0.4, 0.5) is 4.79 Å². The van der Waals surface area contributed by atoms with Gasteiger partial charge in [-0.15, -0.1) is 24.0 Å². The summed E-state index contributed by atoms with van der Waals surface area (Å²) in [5.74, 6) is 0.768. The second-order valence-corrected chi connectivity index (χ2v) is 6.40. The van der Waals surface area contributed by atoms with Gasteiger partial charge in [-0.2, -0.15) is 0 Å². The number of aliphatic imine (C=N–C) groups is 1. The molecule has 1 heterocycles. The third-order valence-corrected chi connectivity index (χ3v) is 4.40. The Kier molecular flexibility index (Phi) is 11.4. The normalized spacial score (nSPS) is 14.1. The molecular formula is C20H32IN5O3. The molecule has 0 spiro atoms. The van der Waals surface area contributed by atoms with Gasteiger partial charge in [0.05, 0.1) is 13.2 Å². The van der Waals surface area contributed by atoms with Crippen molar-refractivity contribution in [1.29, 1.82) is 0 Å². The molecule has 2 rings (SSSR count). The molecule has 1 saturated heterocycles. The fraction of sp³-hybridized carbons (Fsp3) is 0.550. The lowest BCUT2D eigenvalue weighted by molar-refractivity contribution is 0.0913. The number of benzene rings is 1. The van der Waals surface area contributed by atoms with E-state index < -0.39 is 0 Å². The smallest absolute Gasteiger partial charge is 0.409 e. The monoisotopic (exact) mass is 517 g/mol. The molecule has 0 bridgehead atoms. The van der Waals surface area contributed by atoms with Crippen LogP contribution in [0.15, 0.2) is 29.3 Å². The van der Waals surface area contributed by atoms with Crippen molar-refractivity contribution in [2.45, 2.75) is 27.3 Å². The maximum absolute atomic E-state index is 11.8. The number of ether oxygens (including phenoxy) is 1. The Morgan fingerprint density at radius 2 is 1.55 bits per heavy atom. The van der Waals surface area contributed by atoms with Crippen LogP contribution in [-0.2, 0) is 11.3 Å². The Labute approximate surface area is 190 Å². The average Bonchev–Trinajstić information content (AvgIpc) is 2.72. The van der Waals surface area contributed by atoms with Gasteiger partial charge in [0.2, 0.25) is 0 Å². The number of hydrogen-bond donors (Lipinski definition) is 2. The van der Waals surface area contributed by atoms with Crippen molar-refractivity contribution in [2.24, 2.45) is 4.99 Å². The van der Waals surface area contributed by atoms with E-state index in [1.807, 2.05) is 45.0 Å². The van der Waals surface area contributed by atoms with Crippen molar-refractivity contribution >= 4 is 41.9 Å². The van der Waals surface area contributed by atoms with Gasteiger partial charge in [-0.25, -0.2) is 9.79 Å². The minimum atomic E-state index is -0.253. The number of nitrogens with zero attached hydrogens (tertiary/aromatic N) is 3. The van der Waals surface area contributed by atoms with Crippen molar-refractivity contribution in [3.63, 3.8) is 0 Å². The molecular weight excluding hydrogens is 485 g/mol. The maximum atomic E-state index is 11.8. The van der Waals surface area contributed by atoms with Crippen LogP contribution in [-0.4, -0.2) is 73.6 Å². The predicted octanol–water partition coefficient (Wildman–Crippen LogP) is 2.29. The molecule has 0 aromatic heterocycles. The van der Waals surface area contributed by atoms with Crippen molar-refractivity contribution in [1.82, 2.24) is 20.4 Å². The number of carbonyl (C=O) groups is 2. The lowest BCUT2D eigenvalue weighted by Crippen LogP contribution is -2.53. The van der Waals surface area contributed by atoms with Gasteiger partial charge in [0.1, 0.15) is 0 Å². The quantitative estimate of drug-likeness (QED) is 0.344. The number of rotatable bonds is 6. The molecule has 1 aliphatic rings. The molecule has 0 unspecified atom stereocenters. The summed E-state index contributed by atoms with van der Waals surface area (Å²) < 4.78 is 5.07. The summed E-state index contributed by atoms with van der Waals surface area (Å²) in [4.78, 5) is 32.3. The molecule has 1 aromatic carbocycles. The van der Waals surface area contributed by atoms with Gasteiger partial charge < -0.3 is 25.2 Å². The van der Waals surface area contributed by atoms with Gasteiger partial charge >= 0.3 is 6.09 Å².